The van der Waals surface area contributed by atoms with E-state index in [4.69, 9.17) is 32.7 Å². The molecule has 3 aromatic carbocycles. The molecule has 0 fully saturated rings. The number of hydrogen-bond acceptors (Lipinski definition) is 6. The van der Waals surface area contributed by atoms with E-state index >= 15 is 0 Å². The molecule has 44 heavy (non-hydrogen) atoms. The highest BCUT2D eigenvalue weighted by molar-refractivity contribution is 7.92. The van der Waals surface area contributed by atoms with Gasteiger partial charge in [0.15, 0.2) is 11.5 Å². The number of anilines is 1. The second-order valence-corrected chi connectivity index (χ2v) is 13.3. The summed E-state index contributed by atoms with van der Waals surface area (Å²) in [4.78, 5) is 29.0. The molecule has 0 aliphatic carbocycles. The highest BCUT2D eigenvalue weighted by Gasteiger charge is 2.34. The number of halogens is 2. The van der Waals surface area contributed by atoms with Crippen molar-refractivity contribution < 1.29 is 27.5 Å². The molecule has 0 saturated carbocycles. The molecule has 2 amide bonds. The van der Waals surface area contributed by atoms with Gasteiger partial charge in [0.05, 0.1) is 24.8 Å². The molecule has 0 radical (unpaired) electrons. The van der Waals surface area contributed by atoms with E-state index in [1.165, 1.54) is 43.4 Å². The van der Waals surface area contributed by atoms with Crippen molar-refractivity contribution in [2.75, 3.05) is 31.6 Å². The van der Waals surface area contributed by atoms with Crippen LogP contribution in [0.25, 0.3) is 0 Å². The fraction of sp³-hybridized carbons (Fsp3) is 0.375. The SMILES string of the molecule is CCC(C(=O)NCC(C)C)N(Cc1c(Cl)cccc1Cl)C(=O)CN(c1ccc(OC)c(OC)c1)S(=O)(=O)c1ccc(C)cc1. The first kappa shape index (κ1) is 35.0. The van der Waals surface area contributed by atoms with Crippen molar-refractivity contribution in [3.05, 3.63) is 81.8 Å². The van der Waals surface area contributed by atoms with Crippen LogP contribution in [-0.2, 0) is 26.2 Å². The van der Waals surface area contributed by atoms with Crippen molar-refractivity contribution in [1.82, 2.24) is 10.2 Å². The van der Waals surface area contributed by atoms with Crippen molar-refractivity contribution in [1.29, 1.82) is 0 Å². The number of aryl methyl sites for hydroxylation is 1. The minimum Gasteiger partial charge on any atom is -0.493 e. The maximum absolute atomic E-state index is 14.3. The van der Waals surface area contributed by atoms with Crippen LogP contribution in [0.1, 0.15) is 38.3 Å². The number of rotatable bonds is 14. The summed E-state index contributed by atoms with van der Waals surface area (Å²) in [7, 11) is -1.37. The lowest BCUT2D eigenvalue weighted by Gasteiger charge is -2.33. The van der Waals surface area contributed by atoms with Gasteiger partial charge in [-0.15, -0.1) is 0 Å². The Morgan fingerprint density at radius 1 is 0.932 bits per heavy atom. The van der Waals surface area contributed by atoms with Gasteiger partial charge in [0.1, 0.15) is 12.6 Å². The third-order valence-electron chi connectivity index (χ3n) is 7.00. The Morgan fingerprint density at radius 2 is 1.55 bits per heavy atom. The van der Waals surface area contributed by atoms with Crippen LogP contribution < -0.4 is 19.1 Å². The molecule has 9 nitrogen and oxygen atoms in total. The number of benzene rings is 3. The number of hydrogen-bond donors (Lipinski definition) is 1. The van der Waals surface area contributed by atoms with Crippen LogP contribution in [0.3, 0.4) is 0 Å². The molecule has 3 rings (SSSR count). The summed E-state index contributed by atoms with van der Waals surface area (Å²) in [6.07, 6.45) is 0.263. The van der Waals surface area contributed by atoms with E-state index in [0.717, 1.165) is 9.87 Å². The predicted octanol–water partition coefficient (Wildman–Crippen LogP) is 6.09. The number of carbonyl (C=O) groups excluding carboxylic acids is 2. The fourth-order valence-electron chi connectivity index (χ4n) is 4.54. The van der Waals surface area contributed by atoms with Crippen LogP contribution in [0.4, 0.5) is 5.69 Å². The summed E-state index contributed by atoms with van der Waals surface area (Å²) in [6, 6.07) is 14.9. The first-order valence-electron chi connectivity index (χ1n) is 14.1. The molecule has 1 N–H and O–H groups in total. The molecule has 12 heteroatoms. The average Bonchev–Trinajstić information content (AvgIpc) is 2.99. The molecular formula is C32H39Cl2N3O6S. The van der Waals surface area contributed by atoms with Gasteiger partial charge in [-0.1, -0.05) is 67.7 Å². The van der Waals surface area contributed by atoms with Crippen molar-refractivity contribution in [3.8, 4) is 11.5 Å². The maximum Gasteiger partial charge on any atom is 0.264 e. The first-order valence-corrected chi connectivity index (χ1v) is 16.3. The number of methoxy groups -OCH3 is 2. The zero-order valence-electron chi connectivity index (χ0n) is 25.8. The zero-order chi connectivity index (χ0) is 32.6. The molecule has 0 aromatic heterocycles. The van der Waals surface area contributed by atoms with E-state index in [2.05, 4.69) is 5.32 Å². The lowest BCUT2D eigenvalue weighted by molar-refractivity contribution is -0.140. The van der Waals surface area contributed by atoms with Crippen LogP contribution in [0.2, 0.25) is 10.0 Å². The summed E-state index contributed by atoms with van der Waals surface area (Å²) in [5.74, 6) is -0.146. The lowest BCUT2D eigenvalue weighted by atomic mass is 10.1. The van der Waals surface area contributed by atoms with E-state index in [0.29, 0.717) is 27.9 Å². The number of sulfonamides is 1. The Morgan fingerprint density at radius 3 is 2.09 bits per heavy atom. The Labute approximate surface area is 270 Å². The van der Waals surface area contributed by atoms with E-state index in [-0.39, 0.29) is 41.1 Å². The van der Waals surface area contributed by atoms with Crippen LogP contribution in [0, 0.1) is 12.8 Å². The summed E-state index contributed by atoms with van der Waals surface area (Å²) >= 11 is 13.0. The number of carbonyl (C=O) groups is 2. The summed E-state index contributed by atoms with van der Waals surface area (Å²) in [5, 5.41) is 3.53. The minimum absolute atomic E-state index is 0.00639. The normalized spacial score (nSPS) is 12.0. The monoisotopic (exact) mass is 663 g/mol. The van der Waals surface area contributed by atoms with E-state index < -0.39 is 28.5 Å². The van der Waals surface area contributed by atoms with Crippen molar-refractivity contribution in [3.63, 3.8) is 0 Å². The molecule has 0 aliphatic heterocycles. The van der Waals surface area contributed by atoms with Gasteiger partial charge in [-0.2, -0.15) is 0 Å². The Hall–Kier alpha value is -3.47. The topological polar surface area (TPSA) is 105 Å². The number of ether oxygens (including phenoxy) is 2. The van der Waals surface area contributed by atoms with Gasteiger partial charge in [-0.05, 0) is 55.7 Å². The molecule has 0 spiro atoms. The van der Waals surface area contributed by atoms with E-state index in [9.17, 15) is 18.0 Å². The van der Waals surface area contributed by atoms with Gasteiger partial charge in [0.2, 0.25) is 11.8 Å². The molecule has 3 aromatic rings. The smallest absolute Gasteiger partial charge is 0.264 e. The Kier molecular flexibility index (Phi) is 12.3. The molecule has 0 heterocycles. The maximum atomic E-state index is 14.3. The largest absolute Gasteiger partial charge is 0.493 e. The second-order valence-electron chi connectivity index (χ2n) is 10.6. The summed E-state index contributed by atoms with van der Waals surface area (Å²) in [5.41, 5.74) is 1.49. The quantitative estimate of drug-likeness (QED) is 0.224. The molecular weight excluding hydrogens is 625 g/mol. The highest BCUT2D eigenvalue weighted by atomic mass is 35.5. The molecule has 1 unspecified atom stereocenters. The van der Waals surface area contributed by atoms with Crippen LogP contribution in [-0.4, -0.2) is 58.5 Å². The summed E-state index contributed by atoms with van der Waals surface area (Å²) in [6.45, 7) is 7.22. The van der Waals surface area contributed by atoms with Crippen LogP contribution in [0.15, 0.2) is 65.6 Å². The first-order chi connectivity index (χ1) is 20.8. The van der Waals surface area contributed by atoms with Gasteiger partial charge in [-0.25, -0.2) is 8.42 Å². The standard InChI is InChI=1S/C32H39Cl2N3O6S/c1-7-28(32(39)35-18-21(2)3)36(19-25-26(33)9-8-10-27(25)34)31(38)20-37(23-13-16-29(42-5)30(17-23)43-6)44(40,41)24-14-11-22(4)12-15-24/h8-17,21,28H,7,18-20H2,1-6H3,(H,35,39). The van der Waals surface area contributed by atoms with Gasteiger partial charge < -0.3 is 19.7 Å². The predicted molar refractivity (Wildman–Crippen MR) is 174 cm³/mol. The third-order valence-corrected chi connectivity index (χ3v) is 9.50. The molecule has 238 valence electrons. The average molecular weight is 665 g/mol. The van der Waals surface area contributed by atoms with Crippen molar-refractivity contribution in [2.45, 2.75) is 51.6 Å². The molecule has 0 bridgehead atoms. The minimum atomic E-state index is -4.27. The van der Waals surface area contributed by atoms with Gasteiger partial charge in [0, 0.05) is 34.8 Å². The van der Waals surface area contributed by atoms with Crippen LogP contribution >= 0.6 is 23.2 Å². The van der Waals surface area contributed by atoms with Crippen molar-refractivity contribution in [2.24, 2.45) is 5.92 Å². The molecule has 1 atom stereocenters. The summed E-state index contributed by atoms with van der Waals surface area (Å²) < 4.78 is 40.0. The van der Waals surface area contributed by atoms with E-state index in [1.54, 1.807) is 43.3 Å². The second kappa shape index (κ2) is 15.5. The third kappa shape index (κ3) is 8.37. The van der Waals surface area contributed by atoms with Gasteiger partial charge in [0.25, 0.3) is 10.0 Å². The lowest BCUT2D eigenvalue weighted by Crippen LogP contribution is -2.52. The van der Waals surface area contributed by atoms with E-state index in [1.807, 2.05) is 20.8 Å². The molecule has 0 saturated heterocycles. The zero-order valence-corrected chi connectivity index (χ0v) is 28.1. The van der Waals surface area contributed by atoms with Gasteiger partial charge >= 0.3 is 0 Å². The number of nitrogens with one attached hydrogen (secondary N) is 1. The highest BCUT2D eigenvalue weighted by Crippen LogP contribution is 2.34. The number of nitrogens with zero attached hydrogens (tertiary/aromatic N) is 2. The Balaban J connectivity index is 2.14. The molecule has 0 aliphatic rings. The van der Waals surface area contributed by atoms with Gasteiger partial charge in [-0.3, -0.25) is 13.9 Å². The number of amides is 2. The van der Waals surface area contributed by atoms with Crippen molar-refractivity contribution >= 4 is 50.7 Å². The van der Waals surface area contributed by atoms with Crippen LogP contribution in [0.5, 0.6) is 11.5 Å². The fourth-order valence-corrected chi connectivity index (χ4v) is 6.46. The Bertz CT molecular complexity index is 1540.